The van der Waals surface area contributed by atoms with Crippen LogP contribution in [0.15, 0.2) is 29.4 Å². The fraction of sp³-hybridized carbons (Fsp3) is 0.467. The van der Waals surface area contributed by atoms with Crippen LogP contribution in [0.25, 0.3) is 0 Å². The van der Waals surface area contributed by atoms with Crippen LogP contribution < -0.4 is 0 Å². The van der Waals surface area contributed by atoms with Crippen molar-refractivity contribution in [3.05, 3.63) is 35.4 Å². The van der Waals surface area contributed by atoms with Gasteiger partial charge < -0.3 is 5.11 Å². The third-order valence-electron chi connectivity index (χ3n) is 3.52. The molecule has 0 aromatic heterocycles. The molecule has 1 N–H and O–H groups in total. The third kappa shape index (κ3) is 2.81. The van der Waals surface area contributed by atoms with Crippen molar-refractivity contribution < 1.29 is 18.7 Å². The van der Waals surface area contributed by atoms with Crippen molar-refractivity contribution >= 4 is 11.6 Å². The Kier molecular flexibility index (Phi) is 4.09. The lowest BCUT2D eigenvalue weighted by Crippen LogP contribution is -2.51. The third-order valence-corrected chi connectivity index (χ3v) is 3.52. The van der Waals surface area contributed by atoms with Crippen molar-refractivity contribution in [2.75, 3.05) is 0 Å². The number of rotatable bonds is 3. The number of amides is 1. The van der Waals surface area contributed by atoms with Gasteiger partial charge in [0.15, 0.2) is 0 Å². The first-order chi connectivity index (χ1) is 9.75. The molecule has 0 radical (unpaired) electrons. The van der Waals surface area contributed by atoms with Crippen molar-refractivity contribution in [2.24, 2.45) is 5.10 Å². The van der Waals surface area contributed by atoms with Gasteiger partial charge in [-0.1, -0.05) is 26.0 Å². The zero-order valence-electron chi connectivity index (χ0n) is 12.2. The van der Waals surface area contributed by atoms with Gasteiger partial charge in [0.25, 0.3) is 12.3 Å². The molecule has 0 aliphatic carbocycles. The van der Waals surface area contributed by atoms with Gasteiger partial charge in [0.05, 0.1) is 0 Å². The Labute approximate surface area is 122 Å². The summed E-state index contributed by atoms with van der Waals surface area (Å²) in [5, 5.41) is 14.3. The molecule has 1 aromatic carbocycles. The highest BCUT2D eigenvalue weighted by Gasteiger charge is 2.51. The molecule has 0 bridgehead atoms. The van der Waals surface area contributed by atoms with Crippen LogP contribution in [-0.4, -0.2) is 33.9 Å². The summed E-state index contributed by atoms with van der Waals surface area (Å²) < 4.78 is 26.2. The maximum absolute atomic E-state index is 13.1. The highest BCUT2D eigenvalue weighted by atomic mass is 19.3. The van der Waals surface area contributed by atoms with Crippen LogP contribution in [-0.2, 0) is 0 Å². The fourth-order valence-electron chi connectivity index (χ4n) is 2.27. The van der Waals surface area contributed by atoms with Crippen LogP contribution in [0.3, 0.4) is 0 Å². The zero-order valence-corrected chi connectivity index (χ0v) is 12.2. The number of halogens is 2. The highest BCUT2D eigenvalue weighted by molar-refractivity contribution is 5.97. The van der Waals surface area contributed by atoms with Gasteiger partial charge in [-0.05, 0) is 30.5 Å². The molecular formula is C15H18F2N2O2. The van der Waals surface area contributed by atoms with E-state index < -0.39 is 18.1 Å². The standard InChI is InChI=1S/C15H18F2N2O2/c1-9(2)11-4-6-12(7-5-11)13(20)19-15(21,14(16)17)8-10(3)18-19/h4-7,9,14,21H,8H2,1-3H3/t15-/m0/s1. The van der Waals surface area contributed by atoms with Crippen LogP contribution in [0.2, 0.25) is 0 Å². The lowest BCUT2D eigenvalue weighted by atomic mass is 10.0. The van der Waals surface area contributed by atoms with E-state index in [1.165, 1.54) is 6.92 Å². The van der Waals surface area contributed by atoms with Crippen molar-refractivity contribution in [1.82, 2.24) is 5.01 Å². The van der Waals surface area contributed by atoms with E-state index in [2.05, 4.69) is 5.10 Å². The Balaban J connectivity index is 2.30. The van der Waals surface area contributed by atoms with Crippen LogP contribution in [0.5, 0.6) is 0 Å². The van der Waals surface area contributed by atoms with E-state index in [-0.39, 0.29) is 12.0 Å². The minimum atomic E-state index is -3.09. The van der Waals surface area contributed by atoms with Gasteiger partial charge in [0.1, 0.15) is 0 Å². The van der Waals surface area contributed by atoms with E-state index >= 15 is 0 Å². The van der Waals surface area contributed by atoms with E-state index in [1.807, 2.05) is 13.8 Å². The maximum atomic E-state index is 13.1. The number of aliphatic hydroxyl groups is 1. The Bertz CT molecular complexity index is 570. The normalized spacial score (nSPS) is 22.1. The average molecular weight is 296 g/mol. The summed E-state index contributed by atoms with van der Waals surface area (Å²) in [6, 6.07) is 6.66. The minimum Gasteiger partial charge on any atom is -0.364 e. The van der Waals surface area contributed by atoms with E-state index in [9.17, 15) is 18.7 Å². The van der Waals surface area contributed by atoms with Crippen molar-refractivity contribution in [2.45, 2.75) is 45.3 Å². The number of hydrogen-bond donors (Lipinski definition) is 1. The average Bonchev–Trinajstić information content (AvgIpc) is 2.74. The van der Waals surface area contributed by atoms with E-state index in [1.54, 1.807) is 24.3 Å². The van der Waals surface area contributed by atoms with Crippen LogP contribution in [0.1, 0.15) is 49.0 Å². The first kappa shape index (κ1) is 15.6. The number of hydrogen-bond acceptors (Lipinski definition) is 3. The van der Waals surface area contributed by atoms with Crippen LogP contribution in [0, 0.1) is 0 Å². The number of carbonyl (C=O) groups excluding carboxylic acids is 1. The summed E-state index contributed by atoms with van der Waals surface area (Å²) in [5.41, 5.74) is -1.00. The Morgan fingerprint density at radius 2 is 1.90 bits per heavy atom. The van der Waals surface area contributed by atoms with Gasteiger partial charge >= 0.3 is 0 Å². The first-order valence-corrected chi connectivity index (χ1v) is 6.75. The van der Waals surface area contributed by atoms with Crippen molar-refractivity contribution in [1.29, 1.82) is 0 Å². The van der Waals surface area contributed by atoms with E-state index in [4.69, 9.17) is 0 Å². The van der Waals surface area contributed by atoms with Gasteiger partial charge in [0, 0.05) is 17.7 Å². The maximum Gasteiger partial charge on any atom is 0.287 e. The molecule has 1 aliphatic rings. The van der Waals surface area contributed by atoms with E-state index in [0.29, 0.717) is 16.6 Å². The fourth-order valence-corrected chi connectivity index (χ4v) is 2.27. The topological polar surface area (TPSA) is 52.9 Å². The predicted octanol–water partition coefficient (Wildman–Crippen LogP) is 2.99. The molecule has 0 saturated carbocycles. The molecule has 1 atom stereocenters. The second-order valence-corrected chi connectivity index (χ2v) is 5.58. The molecule has 0 unspecified atom stereocenters. The second-order valence-electron chi connectivity index (χ2n) is 5.58. The molecule has 1 heterocycles. The van der Waals surface area contributed by atoms with Crippen LogP contribution >= 0.6 is 0 Å². The smallest absolute Gasteiger partial charge is 0.287 e. The van der Waals surface area contributed by atoms with E-state index in [0.717, 1.165) is 5.56 Å². The number of benzene rings is 1. The lowest BCUT2D eigenvalue weighted by Gasteiger charge is -2.30. The van der Waals surface area contributed by atoms with Crippen molar-refractivity contribution in [3.63, 3.8) is 0 Å². The van der Waals surface area contributed by atoms with Gasteiger partial charge in [-0.3, -0.25) is 4.79 Å². The van der Waals surface area contributed by atoms with Gasteiger partial charge in [0.2, 0.25) is 5.72 Å². The lowest BCUT2D eigenvalue weighted by molar-refractivity contribution is -0.164. The molecule has 4 nitrogen and oxygen atoms in total. The molecule has 2 rings (SSSR count). The number of hydrazone groups is 1. The summed E-state index contributed by atoms with van der Waals surface area (Å²) >= 11 is 0. The quantitative estimate of drug-likeness (QED) is 0.932. The molecule has 114 valence electrons. The number of nitrogens with zero attached hydrogens (tertiary/aromatic N) is 2. The van der Waals surface area contributed by atoms with Gasteiger partial charge in [-0.15, -0.1) is 0 Å². The summed E-state index contributed by atoms with van der Waals surface area (Å²) in [5.74, 6) is -0.427. The summed E-state index contributed by atoms with van der Waals surface area (Å²) in [4.78, 5) is 12.3. The molecule has 1 aliphatic heterocycles. The molecule has 0 fully saturated rings. The van der Waals surface area contributed by atoms with Crippen LogP contribution in [0.4, 0.5) is 8.78 Å². The number of alkyl halides is 2. The summed E-state index contributed by atoms with van der Waals surface area (Å²) in [6.07, 6.45) is -3.43. The minimum absolute atomic E-state index is 0.219. The SMILES string of the molecule is CC1=NN(C(=O)c2ccc(C(C)C)cc2)[C@@](O)(C(F)F)C1. The number of carbonyl (C=O) groups is 1. The summed E-state index contributed by atoms with van der Waals surface area (Å²) in [7, 11) is 0. The molecule has 0 saturated heterocycles. The molecule has 21 heavy (non-hydrogen) atoms. The zero-order chi connectivity index (χ0) is 15.8. The Hall–Kier alpha value is -1.82. The highest BCUT2D eigenvalue weighted by Crippen LogP contribution is 2.32. The molecule has 6 heteroatoms. The van der Waals surface area contributed by atoms with Crippen molar-refractivity contribution in [3.8, 4) is 0 Å². The summed E-state index contributed by atoms with van der Waals surface area (Å²) in [6.45, 7) is 5.53. The Morgan fingerprint density at radius 3 is 2.38 bits per heavy atom. The predicted molar refractivity (Wildman–Crippen MR) is 75.4 cm³/mol. The second kappa shape index (κ2) is 5.52. The molecule has 0 spiro atoms. The monoisotopic (exact) mass is 296 g/mol. The first-order valence-electron chi connectivity index (χ1n) is 6.75. The molecular weight excluding hydrogens is 278 g/mol. The Morgan fingerprint density at radius 1 is 1.33 bits per heavy atom. The molecule has 1 amide bonds. The molecule has 1 aromatic rings. The van der Waals surface area contributed by atoms with Gasteiger partial charge in [-0.2, -0.15) is 10.1 Å². The van der Waals surface area contributed by atoms with Gasteiger partial charge in [-0.25, -0.2) is 8.78 Å². The largest absolute Gasteiger partial charge is 0.364 e.